The number of fused-ring (bicyclic) bond motifs is 1. The fourth-order valence-electron chi connectivity index (χ4n) is 2.30. The summed E-state index contributed by atoms with van der Waals surface area (Å²) in [7, 11) is 0. The molecular formula is C15H13ClFN3. The molecule has 0 bridgehead atoms. The van der Waals surface area contributed by atoms with Crippen LogP contribution in [0.25, 0.3) is 0 Å². The largest absolute Gasteiger partial charge is 0.399 e. The highest BCUT2D eigenvalue weighted by Gasteiger charge is 2.15. The summed E-state index contributed by atoms with van der Waals surface area (Å²) in [4.78, 5) is 0. The van der Waals surface area contributed by atoms with Crippen LogP contribution in [-0.4, -0.2) is 5.71 Å². The molecule has 0 saturated heterocycles. The van der Waals surface area contributed by atoms with Crippen molar-refractivity contribution in [2.75, 3.05) is 5.73 Å². The molecule has 2 aromatic carbocycles. The molecule has 0 fully saturated rings. The first-order valence-corrected chi connectivity index (χ1v) is 6.63. The molecule has 0 unspecified atom stereocenters. The molecule has 1 heterocycles. The van der Waals surface area contributed by atoms with Crippen LogP contribution in [0.4, 0.5) is 10.1 Å². The van der Waals surface area contributed by atoms with E-state index in [1.807, 2.05) is 18.2 Å². The summed E-state index contributed by atoms with van der Waals surface area (Å²) in [5, 5.41) is 4.45. The van der Waals surface area contributed by atoms with E-state index in [0.29, 0.717) is 13.0 Å². The van der Waals surface area contributed by atoms with E-state index in [9.17, 15) is 4.39 Å². The van der Waals surface area contributed by atoms with Gasteiger partial charge in [-0.25, -0.2) is 4.39 Å². The fourth-order valence-corrected chi connectivity index (χ4v) is 2.42. The Kier molecular flexibility index (Phi) is 3.32. The van der Waals surface area contributed by atoms with Crippen LogP contribution in [-0.2, 0) is 13.0 Å². The number of hydrogen-bond donors (Lipinski definition) is 2. The van der Waals surface area contributed by atoms with Gasteiger partial charge in [0.25, 0.3) is 0 Å². The van der Waals surface area contributed by atoms with Gasteiger partial charge in [-0.15, -0.1) is 0 Å². The minimum absolute atomic E-state index is 0.130. The minimum Gasteiger partial charge on any atom is -0.399 e. The Morgan fingerprint density at radius 3 is 2.90 bits per heavy atom. The van der Waals surface area contributed by atoms with Crippen molar-refractivity contribution < 1.29 is 4.39 Å². The molecule has 1 aliphatic heterocycles. The second kappa shape index (κ2) is 5.13. The van der Waals surface area contributed by atoms with Gasteiger partial charge in [-0.05, 0) is 35.4 Å². The molecule has 3 nitrogen and oxygen atoms in total. The number of nitrogens with one attached hydrogen (secondary N) is 1. The maximum atomic E-state index is 13.5. The third-order valence-electron chi connectivity index (χ3n) is 3.28. The molecule has 3 rings (SSSR count). The van der Waals surface area contributed by atoms with Crippen molar-refractivity contribution in [3.05, 3.63) is 63.9 Å². The first-order chi connectivity index (χ1) is 9.63. The van der Waals surface area contributed by atoms with Gasteiger partial charge in [0.05, 0.1) is 17.3 Å². The quantitative estimate of drug-likeness (QED) is 0.835. The lowest BCUT2D eigenvalue weighted by Gasteiger charge is -2.18. The molecule has 0 amide bonds. The van der Waals surface area contributed by atoms with Gasteiger partial charge in [0, 0.05) is 17.7 Å². The smallest absolute Gasteiger partial charge is 0.142 e. The van der Waals surface area contributed by atoms with E-state index in [2.05, 4.69) is 10.5 Å². The van der Waals surface area contributed by atoms with Crippen molar-refractivity contribution in [1.29, 1.82) is 0 Å². The van der Waals surface area contributed by atoms with Crippen molar-refractivity contribution in [2.24, 2.45) is 5.10 Å². The van der Waals surface area contributed by atoms with Gasteiger partial charge >= 0.3 is 0 Å². The van der Waals surface area contributed by atoms with Crippen molar-refractivity contribution in [1.82, 2.24) is 5.43 Å². The SMILES string of the molecule is Nc1ccc2c(c1)CNN=C2Cc1ccc(Cl)c(F)c1. The summed E-state index contributed by atoms with van der Waals surface area (Å²) in [6, 6.07) is 10.5. The third kappa shape index (κ3) is 2.47. The highest BCUT2D eigenvalue weighted by molar-refractivity contribution is 6.30. The van der Waals surface area contributed by atoms with E-state index in [-0.39, 0.29) is 5.02 Å². The summed E-state index contributed by atoms with van der Waals surface area (Å²) in [6.45, 7) is 0.652. The molecular weight excluding hydrogens is 277 g/mol. The molecule has 0 aliphatic carbocycles. The Bertz CT molecular complexity index is 698. The molecule has 2 aromatic rings. The molecule has 1 aliphatic rings. The maximum Gasteiger partial charge on any atom is 0.142 e. The third-order valence-corrected chi connectivity index (χ3v) is 3.59. The van der Waals surface area contributed by atoms with Gasteiger partial charge in [0.2, 0.25) is 0 Å². The zero-order valence-electron chi connectivity index (χ0n) is 10.7. The van der Waals surface area contributed by atoms with Gasteiger partial charge in [-0.1, -0.05) is 23.7 Å². The molecule has 0 radical (unpaired) electrons. The van der Waals surface area contributed by atoms with E-state index in [4.69, 9.17) is 17.3 Å². The van der Waals surface area contributed by atoms with Crippen LogP contribution in [0.15, 0.2) is 41.5 Å². The summed E-state index contributed by atoms with van der Waals surface area (Å²) in [5.74, 6) is -0.411. The van der Waals surface area contributed by atoms with Crippen LogP contribution in [0.3, 0.4) is 0 Å². The highest BCUT2D eigenvalue weighted by Crippen LogP contribution is 2.21. The number of benzene rings is 2. The van der Waals surface area contributed by atoms with Crippen LogP contribution >= 0.6 is 11.6 Å². The van der Waals surface area contributed by atoms with E-state index < -0.39 is 5.82 Å². The van der Waals surface area contributed by atoms with Gasteiger partial charge < -0.3 is 11.2 Å². The van der Waals surface area contributed by atoms with E-state index >= 15 is 0 Å². The first kappa shape index (κ1) is 12.9. The van der Waals surface area contributed by atoms with Crippen molar-refractivity contribution in [2.45, 2.75) is 13.0 Å². The van der Waals surface area contributed by atoms with E-state index in [1.165, 1.54) is 6.07 Å². The maximum absolute atomic E-state index is 13.5. The molecule has 20 heavy (non-hydrogen) atoms. The zero-order chi connectivity index (χ0) is 14.1. The van der Waals surface area contributed by atoms with Crippen LogP contribution in [0.5, 0.6) is 0 Å². The Morgan fingerprint density at radius 2 is 2.10 bits per heavy atom. The number of hydrazone groups is 1. The Morgan fingerprint density at radius 1 is 1.25 bits per heavy atom. The van der Waals surface area contributed by atoms with Gasteiger partial charge in [-0.3, -0.25) is 0 Å². The molecule has 0 spiro atoms. The summed E-state index contributed by atoms with van der Waals surface area (Å²) >= 11 is 5.69. The Balaban J connectivity index is 1.92. The lowest BCUT2D eigenvalue weighted by Crippen LogP contribution is -2.22. The lowest BCUT2D eigenvalue weighted by molar-refractivity contribution is 0.626. The Hall–Kier alpha value is -2.07. The second-order valence-corrected chi connectivity index (χ2v) is 5.14. The van der Waals surface area contributed by atoms with Gasteiger partial charge in [0.1, 0.15) is 5.82 Å². The minimum atomic E-state index is -0.411. The summed E-state index contributed by atoms with van der Waals surface area (Å²) in [6.07, 6.45) is 0.540. The van der Waals surface area contributed by atoms with Gasteiger partial charge in [0.15, 0.2) is 0 Å². The van der Waals surface area contributed by atoms with E-state index in [1.54, 1.807) is 12.1 Å². The lowest BCUT2D eigenvalue weighted by atomic mass is 9.96. The van der Waals surface area contributed by atoms with E-state index in [0.717, 1.165) is 28.1 Å². The monoisotopic (exact) mass is 289 g/mol. The van der Waals surface area contributed by atoms with Crippen molar-refractivity contribution in [3.8, 4) is 0 Å². The first-order valence-electron chi connectivity index (χ1n) is 6.25. The normalized spacial score (nSPS) is 13.4. The number of nitrogens with zero attached hydrogens (tertiary/aromatic N) is 1. The molecule has 102 valence electrons. The van der Waals surface area contributed by atoms with Crippen molar-refractivity contribution in [3.63, 3.8) is 0 Å². The molecule has 0 atom stereocenters. The van der Waals surface area contributed by atoms with Gasteiger partial charge in [-0.2, -0.15) is 5.10 Å². The number of hydrogen-bond acceptors (Lipinski definition) is 3. The van der Waals surface area contributed by atoms with Crippen molar-refractivity contribution >= 4 is 23.0 Å². The van der Waals surface area contributed by atoms with Crippen LogP contribution < -0.4 is 11.2 Å². The standard InChI is InChI=1S/C15H13ClFN3/c16-13-4-1-9(5-14(13)17)6-15-12-3-2-11(18)7-10(12)8-19-20-15/h1-5,7,19H,6,8,18H2. The van der Waals surface area contributed by atoms with Crippen LogP contribution in [0, 0.1) is 5.82 Å². The zero-order valence-corrected chi connectivity index (χ0v) is 11.4. The average molecular weight is 290 g/mol. The topological polar surface area (TPSA) is 50.4 Å². The Labute approximate surface area is 121 Å². The average Bonchev–Trinajstić information content (AvgIpc) is 2.43. The van der Waals surface area contributed by atoms with Crippen LogP contribution in [0.1, 0.15) is 16.7 Å². The molecule has 0 saturated carbocycles. The predicted molar refractivity (Wildman–Crippen MR) is 79.3 cm³/mol. The molecule has 3 N–H and O–H groups in total. The highest BCUT2D eigenvalue weighted by atomic mass is 35.5. The second-order valence-electron chi connectivity index (χ2n) is 4.74. The number of nitrogen functional groups attached to an aromatic ring is 1. The number of rotatable bonds is 2. The summed E-state index contributed by atoms with van der Waals surface area (Å²) < 4.78 is 13.5. The predicted octanol–water partition coefficient (Wildman–Crippen LogP) is 3.11. The summed E-state index contributed by atoms with van der Waals surface area (Å²) in [5.41, 5.74) is 13.3. The number of anilines is 1. The fraction of sp³-hybridized carbons (Fsp3) is 0.133. The number of halogens is 2. The number of nitrogens with two attached hydrogens (primary N) is 1. The van der Waals surface area contributed by atoms with Crippen LogP contribution in [0.2, 0.25) is 5.02 Å². The molecule has 0 aromatic heterocycles. The molecule has 5 heteroatoms.